The number of carbonyl (C=O) groups excluding carboxylic acids is 1. The quantitative estimate of drug-likeness (QED) is 0.204. The van der Waals surface area contributed by atoms with Crippen LogP contribution in [0.5, 0.6) is 0 Å². The van der Waals surface area contributed by atoms with Gasteiger partial charge in [-0.15, -0.1) is 35.3 Å². The smallest absolute Gasteiger partial charge is 0.291 e. The van der Waals surface area contributed by atoms with Gasteiger partial charge >= 0.3 is 0 Å². The second-order valence-corrected chi connectivity index (χ2v) is 8.46. The Morgan fingerprint density at radius 1 is 1.19 bits per heavy atom. The standard InChI is InChI=1S/C23H28N4O2S.HI/c1-4-24-23(26-16(2)13-20-11-10-17(3)30-20)25-15-18-7-5-8-19(14-18)27-22(28)21-9-6-12-29-21;/h5-12,14,16H,4,13,15H2,1-3H3,(H,27,28)(H2,24,25,26);1H. The van der Waals surface area contributed by atoms with Gasteiger partial charge in [-0.1, -0.05) is 12.1 Å². The molecule has 0 spiro atoms. The lowest BCUT2D eigenvalue weighted by atomic mass is 10.2. The van der Waals surface area contributed by atoms with Crippen molar-refractivity contribution >= 4 is 52.9 Å². The van der Waals surface area contributed by atoms with Gasteiger partial charge in [0.1, 0.15) is 0 Å². The third-order valence-corrected chi connectivity index (χ3v) is 5.40. The molecule has 2 aromatic heterocycles. The van der Waals surface area contributed by atoms with Crippen LogP contribution in [-0.4, -0.2) is 24.5 Å². The Balaban J connectivity index is 0.00000341. The molecule has 3 rings (SSSR count). The molecule has 3 N–H and O–H groups in total. The third kappa shape index (κ3) is 8.02. The van der Waals surface area contributed by atoms with Crippen LogP contribution >= 0.6 is 35.3 Å². The van der Waals surface area contributed by atoms with E-state index in [9.17, 15) is 4.79 Å². The Morgan fingerprint density at radius 3 is 2.71 bits per heavy atom. The lowest BCUT2D eigenvalue weighted by Gasteiger charge is -2.17. The molecule has 31 heavy (non-hydrogen) atoms. The van der Waals surface area contributed by atoms with Crippen LogP contribution in [0, 0.1) is 6.92 Å². The minimum atomic E-state index is -0.270. The molecular weight excluding hydrogens is 523 g/mol. The molecule has 0 radical (unpaired) electrons. The Morgan fingerprint density at radius 2 is 2.03 bits per heavy atom. The summed E-state index contributed by atoms with van der Waals surface area (Å²) >= 11 is 1.83. The summed E-state index contributed by atoms with van der Waals surface area (Å²) in [5, 5.41) is 9.62. The zero-order valence-electron chi connectivity index (χ0n) is 18.0. The summed E-state index contributed by atoms with van der Waals surface area (Å²) in [5.74, 6) is 0.795. The van der Waals surface area contributed by atoms with E-state index in [0.29, 0.717) is 12.2 Å². The number of halogens is 1. The Bertz CT molecular complexity index is 985. The predicted molar refractivity (Wildman–Crippen MR) is 139 cm³/mol. The zero-order chi connectivity index (χ0) is 21.3. The highest BCUT2D eigenvalue weighted by atomic mass is 127. The molecule has 1 atom stereocenters. The van der Waals surface area contributed by atoms with E-state index in [1.165, 1.54) is 16.0 Å². The van der Waals surface area contributed by atoms with Crippen molar-refractivity contribution in [2.24, 2.45) is 4.99 Å². The number of aryl methyl sites for hydroxylation is 1. The summed E-state index contributed by atoms with van der Waals surface area (Å²) in [6.07, 6.45) is 2.44. The van der Waals surface area contributed by atoms with Crippen molar-refractivity contribution < 1.29 is 9.21 Å². The van der Waals surface area contributed by atoms with E-state index in [0.717, 1.165) is 24.5 Å². The molecule has 0 aliphatic rings. The summed E-state index contributed by atoms with van der Waals surface area (Å²) in [4.78, 5) is 19.6. The number of rotatable bonds is 8. The third-order valence-electron chi connectivity index (χ3n) is 4.38. The van der Waals surface area contributed by atoms with E-state index >= 15 is 0 Å². The van der Waals surface area contributed by atoms with E-state index in [1.807, 2.05) is 35.6 Å². The number of hydrogen-bond donors (Lipinski definition) is 3. The number of aliphatic imine (C=N–C) groups is 1. The molecule has 8 heteroatoms. The molecule has 0 fully saturated rings. The van der Waals surface area contributed by atoms with Gasteiger partial charge in [-0.2, -0.15) is 0 Å². The number of furan rings is 1. The number of nitrogens with one attached hydrogen (secondary N) is 3. The lowest BCUT2D eigenvalue weighted by molar-refractivity contribution is 0.0996. The molecule has 2 heterocycles. The van der Waals surface area contributed by atoms with Crippen LogP contribution in [0.3, 0.4) is 0 Å². The topological polar surface area (TPSA) is 78.7 Å². The Labute approximate surface area is 204 Å². The Kier molecular flexibility index (Phi) is 10.1. The van der Waals surface area contributed by atoms with E-state index in [4.69, 9.17) is 9.41 Å². The zero-order valence-corrected chi connectivity index (χ0v) is 21.1. The van der Waals surface area contributed by atoms with Crippen LogP contribution < -0.4 is 16.0 Å². The Hall–Kier alpha value is -2.33. The number of thiophene rings is 1. The van der Waals surface area contributed by atoms with E-state index in [2.05, 4.69) is 48.9 Å². The second kappa shape index (κ2) is 12.5. The minimum Gasteiger partial charge on any atom is -0.459 e. The number of nitrogens with zero attached hydrogens (tertiary/aromatic N) is 1. The fraction of sp³-hybridized carbons (Fsp3) is 0.304. The van der Waals surface area contributed by atoms with Crippen molar-refractivity contribution in [2.45, 2.75) is 39.8 Å². The molecule has 1 amide bonds. The first-order valence-corrected chi connectivity index (χ1v) is 10.9. The highest BCUT2D eigenvalue weighted by Gasteiger charge is 2.10. The fourth-order valence-corrected chi connectivity index (χ4v) is 4.04. The number of anilines is 1. The van der Waals surface area contributed by atoms with E-state index in [1.54, 1.807) is 12.1 Å². The van der Waals surface area contributed by atoms with Gasteiger partial charge in [0.05, 0.1) is 12.8 Å². The number of carbonyl (C=O) groups is 1. The molecule has 1 aromatic carbocycles. The summed E-state index contributed by atoms with van der Waals surface area (Å²) in [6, 6.07) is 15.6. The predicted octanol–water partition coefficient (Wildman–Crippen LogP) is 5.21. The van der Waals surface area contributed by atoms with E-state index < -0.39 is 0 Å². The van der Waals surface area contributed by atoms with Crippen molar-refractivity contribution in [1.29, 1.82) is 0 Å². The van der Waals surface area contributed by atoms with Crippen LogP contribution in [0.4, 0.5) is 5.69 Å². The number of guanidine groups is 1. The van der Waals surface area contributed by atoms with Gasteiger partial charge in [0.15, 0.2) is 11.7 Å². The van der Waals surface area contributed by atoms with Gasteiger partial charge in [0.2, 0.25) is 0 Å². The summed E-state index contributed by atoms with van der Waals surface area (Å²) in [6.45, 7) is 7.63. The molecule has 0 saturated heterocycles. The van der Waals surface area contributed by atoms with Crippen LogP contribution in [0.25, 0.3) is 0 Å². The van der Waals surface area contributed by atoms with Crippen molar-refractivity contribution in [3.05, 3.63) is 75.9 Å². The monoisotopic (exact) mass is 552 g/mol. The first-order valence-electron chi connectivity index (χ1n) is 10.1. The van der Waals surface area contributed by atoms with Crippen molar-refractivity contribution in [3.8, 4) is 0 Å². The second-order valence-electron chi connectivity index (χ2n) is 7.09. The highest BCUT2D eigenvalue weighted by molar-refractivity contribution is 14.0. The highest BCUT2D eigenvalue weighted by Crippen LogP contribution is 2.17. The van der Waals surface area contributed by atoms with E-state index in [-0.39, 0.29) is 41.7 Å². The summed E-state index contributed by atoms with van der Waals surface area (Å²) < 4.78 is 5.13. The van der Waals surface area contributed by atoms with Crippen LogP contribution in [-0.2, 0) is 13.0 Å². The van der Waals surface area contributed by atoms with Crippen LogP contribution in [0.15, 0.2) is 64.2 Å². The van der Waals surface area contributed by atoms with Crippen LogP contribution in [0.2, 0.25) is 0 Å². The van der Waals surface area contributed by atoms with Crippen molar-refractivity contribution in [3.63, 3.8) is 0 Å². The molecule has 166 valence electrons. The van der Waals surface area contributed by atoms with Gasteiger partial charge in [0.25, 0.3) is 5.91 Å². The first kappa shape index (κ1) is 24.9. The number of hydrogen-bond acceptors (Lipinski definition) is 4. The summed E-state index contributed by atoms with van der Waals surface area (Å²) in [7, 11) is 0. The average molecular weight is 552 g/mol. The van der Waals surface area contributed by atoms with Gasteiger partial charge in [0, 0.05) is 34.4 Å². The molecule has 0 saturated carbocycles. The maximum absolute atomic E-state index is 12.2. The van der Waals surface area contributed by atoms with Gasteiger partial charge in [-0.3, -0.25) is 4.79 Å². The lowest BCUT2D eigenvalue weighted by Crippen LogP contribution is -2.43. The molecule has 3 aromatic rings. The average Bonchev–Trinajstić information content (AvgIpc) is 3.39. The van der Waals surface area contributed by atoms with Crippen molar-refractivity contribution in [2.75, 3.05) is 11.9 Å². The first-order chi connectivity index (χ1) is 14.5. The van der Waals surface area contributed by atoms with Crippen LogP contribution in [0.1, 0.15) is 39.7 Å². The summed E-state index contributed by atoms with van der Waals surface area (Å²) in [5.41, 5.74) is 1.72. The molecule has 0 aliphatic carbocycles. The molecular formula is C23H29IN4O2S. The molecule has 0 bridgehead atoms. The maximum atomic E-state index is 12.2. The molecule has 1 unspecified atom stereocenters. The molecule has 6 nitrogen and oxygen atoms in total. The number of amides is 1. The fourth-order valence-electron chi connectivity index (χ4n) is 3.02. The van der Waals surface area contributed by atoms with Gasteiger partial charge in [-0.05, 0) is 62.7 Å². The van der Waals surface area contributed by atoms with Gasteiger partial charge < -0.3 is 20.4 Å². The normalized spacial score (nSPS) is 12.0. The van der Waals surface area contributed by atoms with Crippen molar-refractivity contribution in [1.82, 2.24) is 10.6 Å². The minimum absolute atomic E-state index is 0. The van der Waals surface area contributed by atoms with Gasteiger partial charge in [-0.25, -0.2) is 4.99 Å². The largest absolute Gasteiger partial charge is 0.459 e. The number of benzene rings is 1. The SMILES string of the molecule is CCNC(=NCc1cccc(NC(=O)c2ccco2)c1)NC(C)Cc1ccc(C)s1.I. The molecule has 0 aliphatic heterocycles. The maximum Gasteiger partial charge on any atom is 0.291 e.